The zero-order valence-corrected chi connectivity index (χ0v) is 19.9. The number of benzene rings is 3. The van der Waals surface area contributed by atoms with Gasteiger partial charge in [-0.25, -0.2) is 9.07 Å². The Morgan fingerprint density at radius 2 is 1.71 bits per heavy atom. The Morgan fingerprint density at radius 1 is 1.03 bits per heavy atom. The average molecular weight is 522 g/mol. The second kappa shape index (κ2) is 10.4. The first-order chi connectivity index (χ1) is 16.4. The van der Waals surface area contributed by atoms with Gasteiger partial charge < -0.3 is 10.1 Å². The van der Waals surface area contributed by atoms with E-state index in [2.05, 4.69) is 26.3 Å². The SMILES string of the molecule is COc1ccc(Cc2cc(-c3ccc(F)cc3)nn(CC(=O)Nc3ccc(Br)cc3)c2=O)cc1. The molecule has 0 spiro atoms. The van der Waals surface area contributed by atoms with Crippen LogP contribution >= 0.6 is 15.9 Å². The van der Waals surface area contributed by atoms with Crippen LogP contribution in [0.15, 0.2) is 88.1 Å². The van der Waals surface area contributed by atoms with E-state index in [9.17, 15) is 14.0 Å². The normalized spacial score (nSPS) is 10.7. The average Bonchev–Trinajstić information content (AvgIpc) is 2.84. The number of anilines is 1. The molecule has 4 rings (SSSR count). The Morgan fingerprint density at radius 3 is 2.35 bits per heavy atom. The summed E-state index contributed by atoms with van der Waals surface area (Å²) in [6.07, 6.45) is 0.341. The van der Waals surface area contributed by atoms with Gasteiger partial charge in [-0.15, -0.1) is 0 Å². The fourth-order valence-electron chi connectivity index (χ4n) is 3.43. The predicted molar refractivity (Wildman–Crippen MR) is 132 cm³/mol. The van der Waals surface area contributed by atoms with Crippen LogP contribution < -0.4 is 15.6 Å². The molecule has 0 saturated heterocycles. The molecule has 0 fully saturated rings. The van der Waals surface area contributed by atoms with Crippen LogP contribution in [0.5, 0.6) is 5.75 Å². The van der Waals surface area contributed by atoms with Gasteiger partial charge in [0.15, 0.2) is 0 Å². The molecule has 0 unspecified atom stereocenters. The van der Waals surface area contributed by atoms with Crippen molar-refractivity contribution in [3.63, 3.8) is 0 Å². The minimum absolute atomic E-state index is 0.264. The summed E-state index contributed by atoms with van der Waals surface area (Å²) in [4.78, 5) is 25.9. The van der Waals surface area contributed by atoms with Gasteiger partial charge in [0, 0.05) is 27.7 Å². The summed E-state index contributed by atoms with van der Waals surface area (Å²) in [6.45, 7) is -0.264. The fraction of sp³-hybridized carbons (Fsp3) is 0.115. The first-order valence-electron chi connectivity index (χ1n) is 10.5. The minimum atomic E-state index is -0.386. The Labute approximate surface area is 204 Å². The third-order valence-corrected chi connectivity index (χ3v) is 5.69. The molecular weight excluding hydrogens is 501 g/mol. The smallest absolute Gasteiger partial charge is 0.270 e. The standard InChI is InChI=1S/C26H21BrFN3O3/c1-34-23-12-2-17(3-13-23)14-19-15-24(18-4-8-21(28)9-5-18)30-31(26(19)33)16-25(32)29-22-10-6-20(27)7-11-22/h2-13,15H,14,16H2,1H3,(H,29,32). The molecule has 0 radical (unpaired) electrons. The van der Waals surface area contributed by atoms with Crippen LogP contribution in [-0.2, 0) is 17.8 Å². The molecule has 1 aromatic heterocycles. The molecular formula is C26H21BrFN3O3. The maximum absolute atomic E-state index is 13.4. The summed E-state index contributed by atoms with van der Waals surface area (Å²) in [5.74, 6) is -0.0412. The summed E-state index contributed by atoms with van der Waals surface area (Å²) in [5, 5.41) is 7.16. The van der Waals surface area contributed by atoms with E-state index in [0.29, 0.717) is 34.7 Å². The molecule has 34 heavy (non-hydrogen) atoms. The van der Waals surface area contributed by atoms with E-state index >= 15 is 0 Å². The van der Waals surface area contributed by atoms with E-state index in [0.717, 1.165) is 14.7 Å². The van der Waals surface area contributed by atoms with Crippen LogP contribution in [0.4, 0.5) is 10.1 Å². The van der Waals surface area contributed by atoms with Crippen molar-refractivity contribution in [2.45, 2.75) is 13.0 Å². The van der Waals surface area contributed by atoms with Gasteiger partial charge in [0.05, 0.1) is 12.8 Å². The van der Waals surface area contributed by atoms with Gasteiger partial charge in [-0.05, 0) is 72.3 Å². The van der Waals surface area contributed by atoms with Gasteiger partial charge >= 0.3 is 0 Å². The largest absolute Gasteiger partial charge is 0.497 e. The number of hydrogen-bond acceptors (Lipinski definition) is 4. The van der Waals surface area contributed by atoms with Crippen molar-refractivity contribution >= 4 is 27.5 Å². The summed E-state index contributed by atoms with van der Waals surface area (Å²) in [7, 11) is 1.59. The maximum Gasteiger partial charge on any atom is 0.270 e. The molecule has 0 saturated carbocycles. The number of carbonyl (C=O) groups is 1. The van der Waals surface area contributed by atoms with Crippen LogP contribution in [-0.4, -0.2) is 22.8 Å². The van der Waals surface area contributed by atoms with Crippen LogP contribution in [0, 0.1) is 5.82 Å². The van der Waals surface area contributed by atoms with Crippen molar-refractivity contribution in [3.05, 3.63) is 111 Å². The van der Waals surface area contributed by atoms with Crippen molar-refractivity contribution in [3.8, 4) is 17.0 Å². The van der Waals surface area contributed by atoms with Crippen molar-refractivity contribution in [1.82, 2.24) is 9.78 Å². The number of hydrogen-bond donors (Lipinski definition) is 1. The maximum atomic E-state index is 13.4. The number of amides is 1. The van der Waals surface area contributed by atoms with Crippen LogP contribution in [0.25, 0.3) is 11.3 Å². The third kappa shape index (κ3) is 5.77. The lowest BCUT2D eigenvalue weighted by atomic mass is 10.0. The van der Waals surface area contributed by atoms with Gasteiger partial charge in [0.1, 0.15) is 18.1 Å². The van der Waals surface area contributed by atoms with Crippen molar-refractivity contribution in [2.75, 3.05) is 12.4 Å². The Balaban J connectivity index is 1.67. The highest BCUT2D eigenvalue weighted by molar-refractivity contribution is 9.10. The highest BCUT2D eigenvalue weighted by atomic mass is 79.9. The van der Waals surface area contributed by atoms with Gasteiger partial charge in [-0.3, -0.25) is 9.59 Å². The zero-order chi connectivity index (χ0) is 24.1. The number of halogens is 2. The molecule has 0 aliphatic carbocycles. The van der Waals surface area contributed by atoms with Crippen LogP contribution in [0.2, 0.25) is 0 Å². The summed E-state index contributed by atoms with van der Waals surface area (Å²) in [5.41, 5.74) is 2.72. The molecule has 0 bridgehead atoms. The van der Waals surface area contributed by atoms with Gasteiger partial charge in [0.2, 0.25) is 5.91 Å². The molecule has 1 amide bonds. The van der Waals surface area contributed by atoms with Gasteiger partial charge in [-0.2, -0.15) is 5.10 Å². The number of nitrogens with one attached hydrogen (secondary N) is 1. The van der Waals surface area contributed by atoms with Crippen LogP contribution in [0.3, 0.4) is 0 Å². The quantitative estimate of drug-likeness (QED) is 0.369. The van der Waals surface area contributed by atoms with E-state index in [1.807, 2.05) is 36.4 Å². The van der Waals surface area contributed by atoms with E-state index < -0.39 is 0 Å². The topological polar surface area (TPSA) is 73.2 Å². The van der Waals surface area contributed by atoms with E-state index in [1.165, 1.54) is 12.1 Å². The molecule has 0 aliphatic rings. The molecule has 6 nitrogen and oxygen atoms in total. The van der Waals surface area contributed by atoms with Crippen LogP contribution in [0.1, 0.15) is 11.1 Å². The van der Waals surface area contributed by atoms with E-state index in [4.69, 9.17) is 4.74 Å². The molecule has 1 N–H and O–H groups in total. The zero-order valence-electron chi connectivity index (χ0n) is 18.3. The fourth-order valence-corrected chi connectivity index (χ4v) is 3.69. The lowest BCUT2D eigenvalue weighted by molar-refractivity contribution is -0.117. The third-order valence-electron chi connectivity index (χ3n) is 5.16. The summed E-state index contributed by atoms with van der Waals surface area (Å²) >= 11 is 3.35. The lowest BCUT2D eigenvalue weighted by Gasteiger charge is -2.12. The molecule has 0 aliphatic heterocycles. The highest BCUT2D eigenvalue weighted by Gasteiger charge is 2.14. The molecule has 4 aromatic rings. The number of carbonyl (C=O) groups excluding carboxylic acids is 1. The van der Waals surface area contributed by atoms with Crippen molar-refractivity contribution in [1.29, 1.82) is 0 Å². The second-order valence-corrected chi connectivity index (χ2v) is 8.52. The molecule has 0 atom stereocenters. The number of ether oxygens (including phenoxy) is 1. The van der Waals surface area contributed by atoms with Crippen molar-refractivity contribution < 1.29 is 13.9 Å². The monoisotopic (exact) mass is 521 g/mol. The number of aromatic nitrogens is 2. The highest BCUT2D eigenvalue weighted by Crippen LogP contribution is 2.20. The molecule has 8 heteroatoms. The van der Waals surface area contributed by atoms with E-state index in [-0.39, 0.29) is 23.8 Å². The van der Waals surface area contributed by atoms with Crippen molar-refractivity contribution in [2.24, 2.45) is 0 Å². The Bertz CT molecular complexity index is 1350. The lowest BCUT2D eigenvalue weighted by Crippen LogP contribution is -2.32. The predicted octanol–water partition coefficient (Wildman–Crippen LogP) is 5.05. The molecule has 172 valence electrons. The Hall–Kier alpha value is -3.78. The first-order valence-corrected chi connectivity index (χ1v) is 11.3. The summed E-state index contributed by atoms with van der Waals surface area (Å²) < 4.78 is 20.7. The summed E-state index contributed by atoms with van der Waals surface area (Å²) in [6, 6.07) is 22.0. The number of methoxy groups -OCH3 is 1. The minimum Gasteiger partial charge on any atom is -0.497 e. The molecule has 1 heterocycles. The Kier molecular flexibility index (Phi) is 7.18. The molecule has 3 aromatic carbocycles. The second-order valence-electron chi connectivity index (χ2n) is 7.60. The van der Waals surface area contributed by atoms with Gasteiger partial charge in [-0.1, -0.05) is 28.1 Å². The first kappa shape index (κ1) is 23.4. The van der Waals surface area contributed by atoms with E-state index in [1.54, 1.807) is 37.4 Å². The number of nitrogens with zero attached hydrogens (tertiary/aromatic N) is 2. The number of rotatable bonds is 7. The van der Waals surface area contributed by atoms with Gasteiger partial charge in [0.25, 0.3) is 5.56 Å².